The van der Waals surface area contributed by atoms with Gasteiger partial charge in [-0.3, -0.25) is 13.9 Å². The summed E-state index contributed by atoms with van der Waals surface area (Å²) in [6.45, 7) is 6.72. The Morgan fingerprint density at radius 1 is 1.05 bits per heavy atom. The maximum atomic E-state index is 13.4. The first-order valence-corrected chi connectivity index (χ1v) is 14.9. The standard InChI is InChI=1S/C27H36ClN3O6S/c1-5-19(2)29-27(33)20(3)30(18-21-8-10-22(28)11-9-21)26(32)7-6-14-31(38(4,34)35)23-12-13-24-25(17-23)37-16-15-36-24/h8-13,17,19-20H,5-7,14-16,18H2,1-4H3,(H,29,33)/t19-,20+/m1/s1. The van der Waals surface area contributed by atoms with Crippen molar-refractivity contribution in [1.82, 2.24) is 10.2 Å². The normalized spacial score (nSPS) is 14.3. The molecule has 0 spiro atoms. The molecule has 1 aliphatic heterocycles. The monoisotopic (exact) mass is 565 g/mol. The van der Waals surface area contributed by atoms with Gasteiger partial charge in [0.25, 0.3) is 0 Å². The Kier molecular flexibility index (Phi) is 10.3. The van der Waals surface area contributed by atoms with E-state index in [4.69, 9.17) is 21.1 Å². The van der Waals surface area contributed by atoms with Crippen LogP contribution in [0.5, 0.6) is 11.5 Å². The molecule has 9 nitrogen and oxygen atoms in total. The molecule has 0 saturated carbocycles. The number of anilines is 1. The number of carbonyl (C=O) groups excluding carboxylic acids is 2. The van der Waals surface area contributed by atoms with Gasteiger partial charge in [0.1, 0.15) is 19.3 Å². The number of fused-ring (bicyclic) bond motifs is 1. The first-order chi connectivity index (χ1) is 18.0. The predicted molar refractivity (Wildman–Crippen MR) is 148 cm³/mol. The van der Waals surface area contributed by atoms with E-state index < -0.39 is 16.1 Å². The SMILES string of the molecule is CC[C@@H](C)NC(=O)[C@H](C)N(Cc1ccc(Cl)cc1)C(=O)CCCN(c1ccc2c(c1)OCCO2)S(C)(=O)=O. The highest BCUT2D eigenvalue weighted by Gasteiger charge is 2.27. The Labute approximate surface area is 230 Å². The summed E-state index contributed by atoms with van der Waals surface area (Å²) < 4.78 is 37.6. The zero-order chi connectivity index (χ0) is 27.9. The lowest BCUT2D eigenvalue weighted by Gasteiger charge is -2.30. The molecule has 11 heteroatoms. The van der Waals surface area contributed by atoms with Gasteiger partial charge in [-0.15, -0.1) is 0 Å². The van der Waals surface area contributed by atoms with E-state index in [2.05, 4.69) is 5.32 Å². The third-order valence-corrected chi connectivity index (χ3v) is 7.85. The van der Waals surface area contributed by atoms with E-state index in [9.17, 15) is 18.0 Å². The molecule has 0 aromatic heterocycles. The molecular formula is C27H36ClN3O6S. The Hall–Kier alpha value is -2.98. The van der Waals surface area contributed by atoms with Gasteiger partial charge in [-0.25, -0.2) is 8.42 Å². The second kappa shape index (κ2) is 13.2. The number of nitrogens with zero attached hydrogens (tertiary/aromatic N) is 2. The van der Waals surface area contributed by atoms with Crippen LogP contribution < -0.4 is 19.1 Å². The molecule has 2 aromatic rings. The average Bonchev–Trinajstić information content (AvgIpc) is 2.89. The fourth-order valence-electron chi connectivity index (χ4n) is 4.03. The van der Waals surface area contributed by atoms with Crippen molar-refractivity contribution in [3.8, 4) is 11.5 Å². The van der Waals surface area contributed by atoms with Crippen LogP contribution in [-0.4, -0.2) is 63.2 Å². The predicted octanol–water partition coefficient (Wildman–Crippen LogP) is 3.99. The summed E-state index contributed by atoms with van der Waals surface area (Å²) in [6, 6.07) is 11.3. The molecular weight excluding hydrogens is 530 g/mol. The van der Waals surface area contributed by atoms with Crippen LogP contribution in [0.25, 0.3) is 0 Å². The van der Waals surface area contributed by atoms with E-state index in [-0.39, 0.29) is 43.8 Å². The second-order valence-electron chi connectivity index (χ2n) is 9.41. The van der Waals surface area contributed by atoms with Crippen LogP contribution in [0.4, 0.5) is 5.69 Å². The van der Waals surface area contributed by atoms with Gasteiger partial charge in [0, 0.05) is 36.6 Å². The van der Waals surface area contributed by atoms with E-state index >= 15 is 0 Å². The first kappa shape index (κ1) is 29.6. The molecule has 0 radical (unpaired) electrons. The molecule has 2 aromatic carbocycles. The van der Waals surface area contributed by atoms with E-state index in [1.807, 2.05) is 26.0 Å². The van der Waals surface area contributed by atoms with Crippen molar-refractivity contribution < 1.29 is 27.5 Å². The Bertz CT molecular complexity index is 1220. The number of amides is 2. The molecule has 2 atom stereocenters. The van der Waals surface area contributed by atoms with Crippen molar-refractivity contribution in [2.24, 2.45) is 0 Å². The van der Waals surface area contributed by atoms with Crippen LogP contribution in [0.1, 0.15) is 45.6 Å². The molecule has 0 aliphatic carbocycles. The topological polar surface area (TPSA) is 105 Å². The van der Waals surface area contributed by atoms with Crippen LogP contribution in [0.2, 0.25) is 5.02 Å². The Morgan fingerprint density at radius 2 is 1.71 bits per heavy atom. The first-order valence-electron chi connectivity index (χ1n) is 12.7. The minimum Gasteiger partial charge on any atom is -0.486 e. The highest BCUT2D eigenvalue weighted by atomic mass is 35.5. The van der Waals surface area contributed by atoms with Gasteiger partial charge in [0.2, 0.25) is 21.8 Å². The third-order valence-electron chi connectivity index (χ3n) is 6.40. The molecule has 2 amide bonds. The van der Waals surface area contributed by atoms with Crippen molar-refractivity contribution in [2.75, 3.05) is 30.3 Å². The van der Waals surface area contributed by atoms with Gasteiger partial charge < -0.3 is 19.7 Å². The molecule has 3 rings (SSSR count). The average molecular weight is 566 g/mol. The van der Waals surface area contributed by atoms with Gasteiger partial charge in [0.05, 0.1) is 11.9 Å². The number of hydrogen-bond acceptors (Lipinski definition) is 6. The van der Waals surface area contributed by atoms with E-state index in [1.54, 1.807) is 37.3 Å². The number of hydrogen-bond donors (Lipinski definition) is 1. The van der Waals surface area contributed by atoms with E-state index in [0.29, 0.717) is 35.4 Å². The maximum Gasteiger partial charge on any atom is 0.242 e. The molecule has 1 heterocycles. The number of halogens is 1. The summed E-state index contributed by atoms with van der Waals surface area (Å²) in [7, 11) is -3.63. The van der Waals surface area contributed by atoms with Gasteiger partial charge in [-0.1, -0.05) is 30.7 Å². The lowest BCUT2D eigenvalue weighted by molar-refractivity contribution is -0.140. The minimum absolute atomic E-state index is 0.0215. The molecule has 208 valence electrons. The van der Waals surface area contributed by atoms with Crippen LogP contribution in [0.3, 0.4) is 0 Å². The Morgan fingerprint density at radius 3 is 2.34 bits per heavy atom. The highest BCUT2D eigenvalue weighted by molar-refractivity contribution is 7.92. The molecule has 0 saturated heterocycles. The van der Waals surface area contributed by atoms with Crippen molar-refractivity contribution in [3.05, 3.63) is 53.1 Å². The van der Waals surface area contributed by atoms with Gasteiger partial charge in [0.15, 0.2) is 11.5 Å². The smallest absolute Gasteiger partial charge is 0.242 e. The van der Waals surface area contributed by atoms with E-state index in [0.717, 1.165) is 18.2 Å². The number of benzene rings is 2. The number of rotatable bonds is 12. The van der Waals surface area contributed by atoms with Crippen LogP contribution in [-0.2, 0) is 26.2 Å². The zero-order valence-corrected chi connectivity index (χ0v) is 23.8. The lowest BCUT2D eigenvalue weighted by Crippen LogP contribution is -2.49. The largest absolute Gasteiger partial charge is 0.486 e. The summed E-state index contributed by atoms with van der Waals surface area (Å²) in [5, 5.41) is 3.51. The molecule has 38 heavy (non-hydrogen) atoms. The molecule has 0 bridgehead atoms. The summed E-state index contributed by atoms with van der Waals surface area (Å²) in [5.74, 6) is 0.554. The van der Waals surface area contributed by atoms with Crippen molar-refractivity contribution in [3.63, 3.8) is 0 Å². The summed E-state index contributed by atoms with van der Waals surface area (Å²) >= 11 is 6.01. The Balaban J connectivity index is 1.73. The van der Waals surface area contributed by atoms with Crippen molar-refractivity contribution >= 4 is 39.1 Å². The van der Waals surface area contributed by atoms with Crippen LogP contribution in [0.15, 0.2) is 42.5 Å². The number of carbonyl (C=O) groups is 2. The fourth-order valence-corrected chi connectivity index (χ4v) is 5.11. The lowest BCUT2D eigenvalue weighted by atomic mass is 10.1. The molecule has 0 fully saturated rings. The summed E-state index contributed by atoms with van der Waals surface area (Å²) in [6.07, 6.45) is 2.22. The van der Waals surface area contributed by atoms with Gasteiger partial charge >= 0.3 is 0 Å². The fraction of sp³-hybridized carbons (Fsp3) is 0.481. The quantitative estimate of drug-likeness (QED) is 0.417. The van der Waals surface area contributed by atoms with E-state index in [1.165, 1.54) is 9.21 Å². The van der Waals surface area contributed by atoms with Crippen molar-refractivity contribution in [1.29, 1.82) is 0 Å². The summed E-state index contributed by atoms with van der Waals surface area (Å²) in [4.78, 5) is 27.8. The zero-order valence-electron chi connectivity index (χ0n) is 22.3. The van der Waals surface area contributed by atoms with Crippen LogP contribution >= 0.6 is 11.6 Å². The van der Waals surface area contributed by atoms with Crippen molar-refractivity contribution in [2.45, 2.75) is 58.7 Å². The van der Waals surface area contributed by atoms with Gasteiger partial charge in [-0.2, -0.15) is 0 Å². The van der Waals surface area contributed by atoms with Gasteiger partial charge in [-0.05, 0) is 56.5 Å². The highest BCUT2D eigenvalue weighted by Crippen LogP contribution is 2.34. The minimum atomic E-state index is -3.63. The molecule has 1 aliphatic rings. The van der Waals surface area contributed by atoms with Crippen LogP contribution in [0, 0.1) is 0 Å². The number of ether oxygens (including phenoxy) is 2. The summed E-state index contributed by atoms with van der Waals surface area (Å²) in [5.41, 5.74) is 1.27. The third kappa shape index (κ3) is 8.01. The number of sulfonamides is 1. The molecule has 1 N–H and O–H groups in total. The molecule has 0 unspecified atom stereocenters. The number of nitrogens with one attached hydrogen (secondary N) is 1. The second-order valence-corrected chi connectivity index (χ2v) is 11.8. The maximum absolute atomic E-state index is 13.4.